The fourth-order valence-corrected chi connectivity index (χ4v) is 9.75. The Kier molecular flexibility index (Phi) is 5.36. The van der Waals surface area contributed by atoms with E-state index in [1.165, 1.54) is 44.9 Å². The number of ether oxygens (including phenoxy) is 1. The van der Waals surface area contributed by atoms with Gasteiger partial charge in [-0.2, -0.15) is 0 Å². The Labute approximate surface area is 190 Å². The molecular weight excluding hydrogens is 382 g/mol. The van der Waals surface area contributed by atoms with E-state index in [9.17, 15) is 5.11 Å². The fourth-order valence-electron chi connectivity index (χ4n) is 9.75. The highest BCUT2D eigenvalue weighted by Crippen LogP contribution is 2.69. The number of nitrogens with zero attached hydrogens (tertiary/aromatic N) is 1. The summed E-state index contributed by atoms with van der Waals surface area (Å²) >= 11 is 0. The van der Waals surface area contributed by atoms with Crippen LogP contribution in [0.1, 0.15) is 99.3 Å². The number of aliphatic hydroxyl groups excluding tert-OH is 1. The maximum Gasteiger partial charge on any atom is 0.187 e. The summed E-state index contributed by atoms with van der Waals surface area (Å²) in [4.78, 5) is 5.06. The Balaban J connectivity index is 1.48. The van der Waals surface area contributed by atoms with Gasteiger partial charge in [0.25, 0.3) is 0 Å². The van der Waals surface area contributed by atoms with Gasteiger partial charge in [0.2, 0.25) is 0 Å². The molecule has 4 fully saturated rings. The van der Waals surface area contributed by atoms with Crippen LogP contribution < -0.4 is 0 Å². The van der Waals surface area contributed by atoms with Gasteiger partial charge in [-0.15, -0.1) is 0 Å². The summed E-state index contributed by atoms with van der Waals surface area (Å²) in [7, 11) is 0. The summed E-state index contributed by atoms with van der Waals surface area (Å²) < 4.78 is 6.26. The minimum atomic E-state index is -0.190. The van der Waals surface area contributed by atoms with E-state index < -0.39 is 0 Å². The largest absolute Gasteiger partial charge is 0.478 e. The third kappa shape index (κ3) is 3.26. The Bertz CT molecular complexity index is 731. The maximum absolute atomic E-state index is 10.8. The van der Waals surface area contributed by atoms with Crippen LogP contribution in [0.4, 0.5) is 0 Å². The summed E-state index contributed by atoms with van der Waals surface area (Å²) in [5.41, 5.74) is 0.668. The molecule has 0 saturated heterocycles. The van der Waals surface area contributed by atoms with Gasteiger partial charge in [-0.3, -0.25) is 0 Å². The first-order valence-electron chi connectivity index (χ1n) is 13.5. The lowest BCUT2D eigenvalue weighted by Gasteiger charge is -2.63. The average Bonchev–Trinajstić information content (AvgIpc) is 3.26. The molecule has 3 heteroatoms. The predicted octanol–water partition coefficient (Wildman–Crippen LogP) is 6.49. The molecule has 0 aromatic heterocycles. The van der Waals surface area contributed by atoms with Gasteiger partial charge >= 0.3 is 0 Å². The number of hydrogen-bond acceptors (Lipinski definition) is 3. The van der Waals surface area contributed by atoms with Gasteiger partial charge in [0.15, 0.2) is 5.90 Å². The summed E-state index contributed by atoms with van der Waals surface area (Å²) in [5, 5.41) is 10.8. The smallest absolute Gasteiger partial charge is 0.187 e. The van der Waals surface area contributed by atoms with E-state index in [1.807, 2.05) is 0 Å². The van der Waals surface area contributed by atoms with E-state index >= 15 is 0 Å². The van der Waals surface area contributed by atoms with Crippen molar-refractivity contribution in [3.05, 3.63) is 0 Å². The van der Waals surface area contributed by atoms with Crippen LogP contribution in [0, 0.1) is 52.3 Å². The normalized spacial score (nSPS) is 51.8. The number of rotatable bonds is 3. The summed E-state index contributed by atoms with van der Waals surface area (Å²) in [6, 6.07) is 0. The molecule has 0 spiro atoms. The zero-order valence-electron chi connectivity index (χ0n) is 21.0. The van der Waals surface area contributed by atoms with Crippen molar-refractivity contribution in [2.24, 2.45) is 57.2 Å². The minimum absolute atomic E-state index is 0.113. The van der Waals surface area contributed by atoms with Crippen LogP contribution >= 0.6 is 0 Å². The summed E-state index contributed by atoms with van der Waals surface area (Å²) in [6.07, 6.45) is 11.3. The van der Waals surface area contributed by atoms with Gasteiger partial charge in [0.1, 0.15) is 6.61 Å². The van der Waals surface area contributed by atoms with Gasteiger partial charge in [-0.05, 0) is 112 Å². The molecule has 1 N–H and O–H groups in total. The topological polar surface area (TPSA) is 41.8 Å². The summed E-state index contributed by atoms with van der Waals surface area (Å²) in [6.45, 7) is 15.2. The monoisotopic (exact) mass is 429 g/mol. The molecule has 5 rings (SSSR count). The highest BCUT2D eigenvalue weighted by molar-refractivity contribution is 5.82. The van der Waals surface area contributed by atoms with Crippen molar-refractivity contribution in [3.8, 4) is 0 Å². The van der Waals surface area contributed by atoms with E-state index in [4.69, 9.17) is 9.73 Å². The fraction of sp³-hybridized carbons (Fsp3) is 0.964. The highest BCUT2D eigenvalue weighted by atomic mass is 16.5. The van der Waals surface area contributed by atoms with E-state index in [1.54, 1.807) is 0 Å². The third-order valence-electron chi connectivity index (χ3n) is 11.5. The number of hydrogen-bond donors (Lipinski definition) is 1. The molecule has 3 nitrogen and oxygen atoms in total. The molecule has 1 aliphatic heterocycles. The maximum atomic E-state index is 10.8. The second kappa shape index (κ2) is 7.47. The molecule has 4 aliphatic carbocycles. The highest BCUT2D eigenvalue weighted by Gasteiger charge is 2.63. The van der Waals surface area contributed by atoms with Crippen LogP contribution in [0.25, 0.3) is 0 Å². The molecule has 176 valence electrons. The Morgan fingerprint density at radius 1 is 1.03 bits per heavy atom. The van der Waals surface area contributed by atoms with Gasteiger partial charge in [0.05, 0.1) is 11.6 Å². The second-order valence-electron chi connectivity index (χ2n) is 13.4. The molecule has 1 heterocycles. The van der Waals surface area contributed by atoms with Gasteiger partial charge in [0, 0.05) is 5.92 Å². The number of aliphatic hydroxyl groups is 1. The van der Waals surface area contributed by atoms with E-state index in [0.717, 1.165) is 48.3 Å². The molecule has 0 aromatic rings. The van der Waals surface area contributed by atoms with Gasteiger partial charge in [-0.1, -0.05) is 34.1 Å². The zero-order chi connectivity index (χ0) is 22.2. The average molecular weight is 430 g/mol. The van der Waals surface area contributed by atoms with Gasteiger partial charge < -0.3 is 9.84 Å². The molecular formula is C28H47NO2. The first-order chi connectivity index (χ1) is 14.6. The Hall–Kier alpha value is -0.570. The van der Waals surface area contributed by atoms with Crippen molar-refractivity contribution in [2.45, 2.75) is 111 Å². The third-order valence-corrected chi connectivity index (χ3v) is 11.5. The minimum Gasteiger partial charge on any atom is -0.478 e. The standard InChI is InChI=1S/C28H47NO2/c1-7-17(2)21-10-11-22-20-9-8-18-14-19(30)15-24(25-29-26(3,4)16-31-25)28(18,6)23(20)12-13-27(21,22)5/h17-24,30H,7-16H2,1-6H3/t17-,18-,19+,20+,21-,22+,23+,24?,27-,28+/m1/s1. The van der Waals surface area contributed by atoms with Crippen molar-refractivity contribution in [3.63, 3.8) is 0 Å². The van der Waals surface area contributed by atoms with E-state index in [-0.39, 0.29) is 17.1 Å². The van der Waals surface area contributed by atoms with Crippen LogP contribution in [0.5, 0.6) is 0 Å². The number of fused-ring (bicyclic) bond motifs is 5. The molecule has 0 aromatic carbocycles. The predicted molar refractivity (Wildman–Crippen MR) is 127 cm³/mol. The van der Waals surface area contributed by atoms with Crippen LogP contribution in [0.15, 0.2) is 4.99 Å². The molecule has 0 bridgehead atoms. The molecule has 31 heavy (non-hydrogen) atoms. The molecule has 1 unspecified atom stereocenters. The molecule has 10 atom stereocenters. The first-order valence-corrected chi connectivity index (χ1v) is 13.5. The van der Waals surface area contributed by atoms with E-state index in [0.29, 0.717) is 23.9 Å². The molecule has 5 aliphatic rings. The van der Waals surface area contributed by atoms with Crippen molar-refractivity contribution in [2.75, 3.05) is 6.61 Å². The van der Waals surface area contributed by atoms with Crippen molar-refractivity contribution >= 4 is 5.90 Å². The Morgan fingerprint density at radius 3 is 2.48 bits per heavy atom. The molecule has 4 saturated carbocycles. The van der Waals surface area contributed by atoms with Crippen molar-refractivity contribution in [1.29, 1.82) is 0 Å². The van der Waals surface area contributed by atoms with Crippen LogP contribution in [-0.4, -0.2) is 29.3 Å². The molecule has 0 radical (unpaired) electrons. The first kappa shape index (κ1) is 22.2. The molecule has 0 amide bonds. The Morgan fingerprint density at radius 2 is 1.81 bits per heavy atom. The lowest BCUT2D eigenvalue weighted by Crippen LogP contribution is -2.59. The quantitative estimate of drug-likeness (QED) is 0.557. The van der Waals surface area contributed by atoms with E-state index in [2.05, 4.69) is 41.5 Å². The lowest BCUT2D eigenvalue weighted by atomic mass is 9.42. The SMILES string of the molecule is CC[C@@H](C)[C@H]1CC[C@H]2[C@@H]3CC[C@@H]4C[C@H](O)CC(C5=NC(C)(C)CO5)[C@]4(C)[C@H]3CC[C@]12C. The van der Waals surface area contributed by atoms with Crippen LogP contribution in [0.3, 0.4) is 0 Å². The van der Waals surface area contributed by atoms with Crippen molar-refractivity contribution < 1.29 is 9.84 Å². The second-order valence-corrected chi connectivity index (χ2v) is 13.4. The van der Waals surface area contributed by atoms with Crippen molar-refractivity contribution in [1.82, 2.24) is 0 Å². The van der Waals surface area contributed by atoms with Crippen LogP contribution in [-0.2, 0) is 4.74 Å². The lowest BCUT2D eigenvalue weighted by molar-refractivity contribution is -0.146. The number of aliphatic imine (C=N–C) groups is 1. The summed E-state index contributed by atoms with van der Waals surface area (Å²) in [5.74, 6) is 6.21. The van der Waals surface area contributed by atoms with Gasteiger partial charge in [-0.25, -0.2) is 4.99 Å². The zero-order valence-corrected chi connectivity index (χ0v) is 21.0. The van der Waals surface area contributed by atoms with Crippen LogP contribution in [0.2, 0.25) is 0 Å².